The van der Waals surface area contributed by atoms with Crippen LogP contribution in [0.2, 0.25) is 0 Å². The first-order valence-corrected chi connectivity index (χ1v) is 8.34. The molecule has 0 heterocycles. The monoisotopic (exact) mass is 303 g/mol. The lowest BCUT2D eigenvalue weighted by molar-refractivity contribution is -0.137. The van der Waals surface area contributed by atoms with E-state index in [2.05, 4.69) is 32.9 Å². The van der Waals surface area contributed by atoms with Gasteiger partial charge in [-0.15, -0.1) is 0 Å². The lowest BCUT2D eigenvalue weighted by Crippen LogP contribution is -2.25. The maximum absolute atomic E-state index is 10.7. The molecule has 0 spiro atoms. The third-order valence-electron chi connectivity index (χ3n) is 5.18. The number of carboxylic acids is 1. The van der Waals surface area contributed by atoms with Crippen molar-refractivity contribution in [3.05, 3.63) is 35.4 Å². The summed E-state index contributed by atoms with van der Waals surface area (Å²) < 4.78 is 0. The van der Waals surface area contributed by atoms with Gasteiger partial charge in [0, 0.05) is 6.04 Å². The van der Waals surface area contributed by atoms with Gasteiger partial charge in [-0.2, -0.15) is 0 Å². The molecule has 1 aliphatic rings. The van der Waals surface area contributed by atoms with Gasteiger partial charge in [-0.3, -0.25) is 4.79 Å². The zero-order valence-electron chi connectivity index (χ0n) is 14.0. The lowest BCUT2D eigenvalue weighted by Gasteiger charge is -2.37. The minimum absolute atomic E-state index is 0.0178. The van der Waals surface area contributed by atoms with E-state index in [0.717, 1.165) is 11.5 Å². The Labute approximate surface area is 133 Å². The molecule has 0 amide bonds. The van der Waals surface area contributed by atoms with E-state index in [9.17, 15) is 4.79 Å². The van der Waals surface area contributed by atoms with Gasteiger partial charge in [-0.05, 0) is 54.1 Å². The minimum atomic E-state index is -0.850. The molecule has 3 nitrogen and oxygen atoms in total. The Kier molecular flexibility index (Phi) is 5.28. The van der Waals surface area contributed by atoms with E-state index >= 15 is 0 Å². The Morgan fingerprint density at radius 3 is 2.18 bits per heavy atom. The van der Waals surface area contributed by atoms with Gasteiger partial charge in [-0.25, -0.2) is 0 Å². The Balaban J connectivity index is 1.96. The first kappa shape index (κ1) is 17.0. The predicted molar refractivity (Wildman–Crippen MR) is 89.8 cm³/mol. The highest BCUT2D eigenvalue weighted by atomic mass is 16.4. The van der Waals surface area contributed by atoms with Gasteiger partial charge in [0.15, 0.2) is 0 Å². The molecule has 1 aromatic carbocycles. The summed E-state index contributed by atoms with van der Waals surface area (Å²) in [5, 5.41) is 8.81. The summed E-state index contributed by atoms with van der Waals surface area (Å²) in [6, 6.07) is 7.86. The number of rotatable bonds is 4. The second kappa shape index (κ2) is 6.82. The van der Waals surface area contributed by atoms with Crippen LogP contribution in [-0.2, 0) is 4.79 Å². The van der Waals surface area contributed by atoms with Gasteiger partial charge < -0.3 is 10.8 Å². The van der Waals surface area contributed by atoms with Crippen molar-refractivity contribution in [3.63, 3.8) is 0 Å². The van der Waals surface area contributed by atoms with Crippen molar-refractivity contribution in [2.45, 2.75) is 64.8 Å². The molecule has 1 atom stereocenters. The maximum Gasteiger partial charge on any atom is 0.305 e. The van der Waals surface area contributed by atoms with E-state index in [0.29, 0.717) is 11.3 Å². The van der Waals surface area contributed by atoms with E-state index < -0.39 is 12.0 Å². The molecule has 1 fully saturated rings. The highest BCUT2D eigenvalue weighted by molar-refractivity contribution is 5.67. The summed E-state index contributed by atoms with van der Waals surface area (Å²) in [4.78, 5) is 10.7. The molecule has 1 saturated carbocycles. The van der Waals surface area contributed by atoms with Gasteiger partial charge >= 0.3 is 5.97 Å². The van der Waals surface area contributed by atoms with Gasteiger partial charge in [-0.1, -0.05) is 45.0 Å². The summed E-state index contributed by atoms with van der Waals surface area (Å²) in [5.41, 5.74) is 8.61. The van der Waals surface area contributed by atoms with Crippen LogP contribution < -0.4 is 5.73 Å². The fourth-order valence-electron chi connectivity index (χ4n) is 3.61. The maximum atomic E-state index is 10.7. The molecule has 0 bridgehead atoms. The second-order valence-electron chi connectivity index (χ2n) is 7.79. The number of carboxylic acid groups (broad SMARTS) is 1. The number of hydrogen-bond acceptors (Lipinski definition) is 2. The largest absolute Gasteiger partial charge is 0.481 e. The number of benzene rings is 1. The van der Waals surface area contributed by atoms with Crippen LogP contribution in [-0.4, -0.2) is 11.1 Å². The predicted octanol–water partition coefficient (Wildman–Crippen LogP) is 4.48. The highest BCUT2D eigenvalue weighted by Gasteiger charge is 2.30. The summed E-state index contributed by atoms with van der Waals surface area (Å²) in [6.07, 6.45) is 5.09. The molecule has 22 heavy (non-hydrogen) atoms. The molecule has 1 aromatic rings. The van der Waals surface area contributed by atoms with Crippen molar-refractivity contribution in [1.29, 1.82) is 0 Å². The Bertz CT molecular complexity index is 493. The fraction of sp³-hybridized carbons (Fsp3) is 0.632. The number of hydrogen-bond donors (Lipinski definition) is 2. The smallest absolute Gasteiger partial charge is 0.305 e. The Morgan fingerprint density at radius 1 is 1.18 bits per heavy atom. The Morgan fingerprint density at radius 2 is 1.73 bits per heavy atom. The topological polar surface area (TPSA) is 63.3 Å². The highest BCUT2D eigenvalue weighted by Crippen LogP contribution is 2.43. The molecule has 0 aromatic heterocycles. The average Bonchev–Trinajstić information content (AvgIpc) is 2.46. The van der Waals surface area contributed by atoms with Gasteiger partial charge in [0.25, 0.3) is 0 Å². The van der Waals surface area contributed by atoms with Crippen molar-refractivity contribution in [2.75, 3.05) is 0 Å². The van der Waals surface area contributed by atoms with Crippen molar-refractivity contribution in [1.82, 2.24) is 0 Å². The molecule has 3 heteroatoms. The first-order valence-electron chi connectivity index (χ1n) is 8.34. The van der Waals surface area contributed by atoms with Crippen molar-refractivity contribution in [2.24, 2.45) is 17.1 Å². The van der Waals surface area contributed by atoms with Crippen molar-refractivity contribution >= 4 is 5.97 Å². The van der Waals surface area contributed by atoms with Gasteiger partial charge in [0.05, 0.1) is 6.42 Å². The van der Waals surface area contributed by atoms with Crippen molar-refractivity contribution < 1.29 is 9.90 Å². The molecule has 1 unspecified atom stereocenters. The average molecular weight is 303 g/mol. The number of aliphatic carboxylic acids is 1. The van der Waals surface area contributed by atoms with Crippen LogP contribution in [0.3, 0.4) is 0 Å². The van der Waals surface area contributed by atoms with Crippen LogP contribution in [0.5, 0.6) is 0 Å². The van der Waals surface area contributed by atoms with E-state index in [1.54, 1.807) is 0 Å². The van der Waals surface area contributed by atoms with E-state index in [-0.39, 0.29) is 6.42 Å². The van der Waals surface area contributed by atoms with Gasteiger partial charge in [0.2, 0.25) is 0 Å². The quantitative estimate of drug-likeness (QED) is 0.862. The van der Waals surface area contributed by atoms with Crippen LogP contribution in [0, 0.1) is 11.3 Å². The summed E-state index contributed by atoms with van der Waals surface area (Å²) in [6.45, 7) is 7.03. The van der Waals surface area contributed by atoms with Crippen LogP contribution in [0.4, 0.5) is 0 Å². The summed E-state index contributed by atoms with van der Waals surface area (Å²) >= 11 is 0. The third kappa shape index (κ3) is 4.33. The fourth-order valence-corrected chi connectivity index (χ4v) is 3.61. The van der Waals surface area contributed by atoms with Crippen LogP contribution in [0.25, 0.3) is 0 Å². The number of carbonyl (C=O) groups is 1. The Hall–Kier alpha value is -1.35. The lowest BCUT2D eigenvalue weighted by atomic mass is 9.68. The van der Waals surface area contributed by atoms with E-state index in [1.807, 2.05) is 12.1 Å². The summed E-state index contributed by atoms with van der Waals surface area (Å²) in [5.74, 6) is 0.618. The molecule has 3 N–H and O–H groups in total. The normalized spacial score (nSPS) is 24.0. The van der Waals surface area contributed by atoms with Crippen LogP contribution in [0.1, 0.15) is 76.0 Å². The van der Waals surface area contributed by atoms with E-state index in [1.165, 1.54) is 31.2 Å². The molecule has 0 aliphatic heterocycles. The third-order valence-corrected chi connectivity index (χ3v) is 5.18. The van der Waals surface area contributed by atoms with Crippen molar-refractivity contribution in [3.8, 4) is 0 Å². The second-order valence-corrected chi connectivity index (χ2v) is 7.79. The minimum Gasteiger partial charge on any atom is -0.481 e. The first-order chi connectivity index (χ1) is 10.3. The van der Waals surface area contributed by atoms with Gasteiger partial charge in [0.1, 0.15) is 0 Å². The number of nitrogens with two attached hydrogens (primary N) is 1. The molecule has 0 radical (unpaired) electrons. The SMILES string of the molecule is CC(C)(C)C1CCC(c2ccc(C(N)CC(=O)O)cc2)CC1. The molecule has 0 saturated heterocycles. The molecule has 1 aliphatic carbocycles. The van der Waals surface area contributed by atoms with Crippen LogP contribution >= 0.6 is 0 Å². The zero-order chi connectivity index (χ0) is 16.3. The molecule has 122 valence electrons. The molecular weight excluding hydrogens is 274 g/mol. The standard InChI is InChI=1S/C19H29NO2/c1-19(2,3)16-10-8-14(9-11-16)13-4-6-15(7-5-13)17(20)12-18(21)22/h4-7,14,16-17H,8-12,20H2,1-3H3,(H,21,22). The van der Waals surface area contributed by atoms with E-state index in [4.69, 9.17) is 10.8 Å². The summed E-state index contributed by atoms with van der Waals surface area (Å²) in [7, 11) is 0. The molecular formula is C19H29NO2. The molecule has 2 rings (SSSR count). The zero-order valence-corrected chi connectivity index (χ0v) is 14.0. The van der Waals surface area contributed by atoms with Crippen LogP contribution in [0.15, 0.2) is 24.3 Å².